The van der Waals surface area contributed by atoms with Crippen LogP contribution in [0.15, 0.2) is 36.4 Å². The lowest BCUT2D eigenvalue weighted by Gasteiger charge is -2.43. The van der Waals surface area contributed by atoms with Crippen molar-refractivity contribution in [2.24, 2.45) is 5.92 Å². The largest absolute Gasteiger partial charge is 0.453 e. The first-order valence-corrected chi connectivity index (χ1v) is 18.7. The van der Waals surface area contributed by atoms with Crippen molar-refractivity contribution in [3.8, 4) is 0 Å². The Kier molecular flexibility index (Phi) is 12.3. The number of piperazine rings is 1. The summed E-state index contributed by atoms with van der Waals surface area (Å²) in [7, 11) is -2.30. The Morgan fingerprint density at radius 2 is 1.90 bits per heavy atom. The molecule has 0 radical (unpaired) electrons. The van der Waals surface area contributed by atoms with E-state index in [1.54, 1.807) is 16.4 Å². The van der Waals surface area contributed by atoms with Gasteiger partial charge in [-0.3, -0.25) is 4.79 Å². The number of amides is 2. The Morgan fingerprint density at radius 3 is 2.62 bits per heavy atom. The molecule has 6 atom stereocenters. The standard InChI is InChI=1S/C34H45ClF2N4O6S/c1-21-30-7-4-18-48(44,45)41(21)24(20-38-30)10-12-26-28(36)5-3-6-31(26)39-33(42)32(40-34(43)46-2)25(11-8-22-14-16-47-17-15-22)23-9-13-27(35)29(37)19-23/h3,5-6,9,13,19,21-22,24-25,30,32,38H,4,7-8,10-12,14-18,20H2,1-2H3,(H,39,42)(H,40,43)/t21-,24?,25-,30?,32+/m1/s1. The third kappa shape index (κ3) is 8.65. The lowest BCUT2D eigenvalue weighted by atomic mass is 9.82. The number of carbonyl (C=O) groups excluding carboxylic acids is 2. The first kappa shape index (κ1) is 36.4. The number of methoxy groups -OCH3 is 1. The van der Waals surface area contributed by atoms with Crippen molar-refractivity contribution >= 4 is 39.3 Å². The summed E-state index contributed by atoms with van der Waals surface area (Å²) in [5.74, 6) is -2.10. The molecule has 2 aromatic carbocycles. The van der Waals surface area contributed by atoms with E-state index in [9.17, 15) is 22.4 Å². The first-order chi connectivity index (χ1) is 23.0. The molecular weight excluding hydrogens is 666 g/mol. The van der Waals surface area contributed by atoms with Gasteiger partial charge in [0.15, 0.2) is 0 Å². The van der Waals surface area contributed by atoms with Gasteiger partial charge in [-0.1, -0.05) is 23.7 Å². The summed E-state index contributed by atoms with van der Waals surface area (Å²) in [6.45, 7) is 3.62. The fraction of sp³-hybridized carbons (Fsp3) is 0.588. The Labute approximate surface area is 286 Å². The van der Waals surface area contributed by atoms with Crippen molar-refractivity contribution in [1.29, 1.82) is 0 Å². The maximum Gasteiger partial charge on any atom is 0.407 e. The predicted octanol–water partition coefficient (Wildman–Crippen LogP) is 5.36. The van der Waals surface area contributed by atoms with Crippen LogP contribution in [0.25, 0.3) is 0 Å². The van der Waals surface area contributed by atoms with Crippen molar-refractivity contribution in [2.45, 2.75) is 88.4 Å². The second kappa shape index (κ2) is 16.2. The summed E-state index contributed by atoms with van der Waals surface area (Å²) in [6, 6.07) is 6.90. The van der Waals surface area contributed by atoms with Crippen LogP contribution in [0.1, 0.15) is 68.9 Å². The number of halogens is 3. The molecule has 0 spiro atoms. The van der Waals surface area contributed by atoms with Crippen LogP contribution in [0.3, 0.4) is 0 Å². The minimum atomic E-state index is -3.48. The maximum absolute atomic E-state index is 15.4. The van der Waals surface area contributed by atoms with Crippen LogP contribution < -0.4 is 16.0 Å². The van der Waals surface area contributed by atoms with E-state index in [4.69, 9.17) is 21.1 Å². The molecule has 10 nitrogen and oxygen atoms in total. The van der Waals surface area contributed by atoms with E-state index < -0.39 is 45.6 Å². The van der Waals surface area contributed by atoms with Gasteiger partial charge in [0, 0.05) is 55.1 Å². The number of hydrogen-bond donors (Lipinski definition) is 3. The number of ether oxygens (including phenoxy) is 2. The number of fused-ring (bicyclic) bond motifs is 2. The van der Waals surface area contributed by atoms with Gasteiger partial charge in [0.25, 0.3) is 0 Å². The fourth-order valence-electron chi connectivity index (χ4n) is 7.41. The predicted molar refractivity (Wildman–Crippen MR) is 180 cm³/mol. The van der Waals surface area contributed by atoms with Crippen LogP contribution in [0, 0.1) is 17.6 Å². The minimum absolute atomic E-state index is 0.0644. The maximum atomic E-state index is 15.4. The lowest BCUT2D eigenvalue weighted by Crippen LogP contribution is -2.62. The third-order valence-electron chi connectivity index (χ3n) is 10.0. The molecule has 264 valence electrons. The average Bonchev–Trinajstić information content (AvgIpc) is 3.12. The molecule has 2 amide bonds. The fourth-order valence-corrected chi connectivity index (χ4v) is 9.55. The molecule has 3 fully saturated rings. The molecule has 0 aromatic heterocycles. The van der Waals surface area contributed by atoms with E-state index in [1.165, 1.54) is 31.4 Å². The number of alkyl carbamates (subject to hydrolysis) is 1. The van der Waals surface area contributed by atoms with Gasteiger partial charge in [-0.15, -0.1) is 0 Å². The van der Waals surface area contributed by atoms with Gasteiger partial charge in [-0.05, 0) is 94.0 Å². The van der Waals surface area contributed by atoms with Gasteiger partial charge in [-0.2, -0.15) is 4.31 Å². The molecule has 2 bridgehead atoms. The van der Waals surface area contributed by atoms with Crippen molar-refractivity contribution < 1.29 is 36.3 Å². The molecule has 0 aliphatic carbocycles. The van der Waals surface area contributed by atoms with Crippen LogP contribution in [-0.2, 0) is 30.7 Å². The molecule has 14 heteroatoms. The Balaban J connectivity index is 1.40. The zero-order valence-corrected chi connectivity index (χ0v) is 28.9. The molecule has 5 rings (SSSR count). The normalized spacial score (nSPS) is 25.4. The average molecular weight is 711 g/mol. The van der Waals surface area contributed by atoms with Gasteiger partial charge < -0.3 is 25.4 Å². The van der Waals surface area contributed by atoms with Crippen molar-refractivity contribution in [1.82, 2.24) is 14.9 Å². The number of nitrogens with zero attached hydrogens (tertiary/aromatic N) is 1. The van der Waals surface area contributed by atoms with Gasteiger partial charge in [-0.25, -0.2) is 22.0 Å². The number of sulfonamides is 1. The van der Waals surface area contributed by atoms with Crippen LogP contribution in [-0.4, -0.2) is 81.5 Å². The summed E-state index contributed by atoms with van der Waals surface area (Å²) in [4.78, 5) is 26.7. The van der Waals surface area contributed by atoms with E-state index in [1.807, 2.05) is 6.92 Å². The van der Waals surface area contributed by atoms with E-state index in [0.29, 0.717) is 56.9 Å². The Morgan fingerprint density at radius 1 is 1.12 bits per heavy atom. The van der Waals surface area contributed by atoms with Gasteiger partial charge >= 0.3 is 6.09 Å². The highest BCUT2D eigenvalue weighted by Crippen LogP contribution is 2.34. The van der Waals surface area contributed by atoms with Crippen LogP contribution in [0.2, 0.25) is 5.02 Å². The van der Waals surface area contributed by atoms with Crippen LogP contribution >= 0.6 is 11.6 Å². The molecule has 48 heavy (non-hydrogen) atoms. The molecule has 2 aromatic rings. The van der Waals surface area contributed by atoms with Crippen LogP contribution in [0.5, 0.6) is 0 Å². The van der Waals surface area contributed by atoms with Gasteiger partial charge in [0.2, 0.25) is 15.9 Å². The van der Waals surface area contributed by atoms with Crippen molar-refractivity contribution in [2.75, 3.05) is 37.9 Å². The summed E-state index contributed by atoms with van der Waals surface area (Å²) in [6.07, 6.45) is 3.82. The van der Waals surface area contributed by atoms with Crippen LogP contribution in [0.4, 0.5) is 19.3 Å². The van der Waals surface area contributed by atoms with Gasteiger partial charge in [0.1, 0.15) is 17.7 Å². The highest BCUT2D eigenvalue weighted by Gasteiger charge is 2.43. The molecule has 3 N–H and O–H groups in total. The summed E-state index contributed by atoms with van der Waals surface area (Å²) < 4.78 is 68.5. The monoisotopic (exact) mass is 710 g/mol. The zero-order chi connectivity index (χ0) is 34.4. The Hall–Kier alpha value is -2.84. The molecular formula is C34H45ClF2N4O6S. The highest BCUT2D eigenvalue weighted by atomic mass is 35.5. The topological polar surface area (TPSA) is 126 Å². The molecule has 0 saturated carbocycles. The van der Waals surface area contributed by atoms with Crippen molar-refractivity contribution in [3.05, 3.63) is 64.2 Å². The number of benzene rings is 2. The lowest BCUT2D eigenvalue weighted by molar-refractivity contribution is -0.118. The third-order valence-corrected chi connectivity index (χ3v) is 12.4. The quantitative estimate of drug-likeness (QED) is 0.287. The zero-order valence-electron chi connectivity index (χ0n) is 27.4. The number of carbonyl (C=O) groups is 2. The summed E-state index contributed by atoms with van der Waals surface area (Å²) in [5.41, 5.74) is 0.896. The minimum Gasteiger partial charge on any atom is -0.453 e. The number of nitrogens with one attached hydrogen (secondary N) is 3. The molecule has 3 aliphatic heterocycles. The summed E-state index contributed by atoms with van der Waals surface area (Å²) >= 11 is 5.98. The molecule has 3 aliphatic rings. The molecule has 3 heterocycles. The smallest absolute Gasteiger partial charge is 0.407 e. The SMILES string of the molecule is COC(=O)N[C@H](C(=O)Nc1cccc(F)c1CCC1CNC2CCCS(=O)(=O)N1[C@@H]2C)[C@H](CCC1CCOCC1)c1ccc(Cl)c(F)c1. The van der Waals surface area contributed by atoms with E-state index >= 15 is 4.39 Å². The van der Waals surface area contributed by atoms with E-state index in [2.05, 4.69) is 16.0 Å². The number of hydrogen-bond acceptors (Lipinski definition) is 7. The second-order valence-corrected chi connectivity index (χ2v) is 15.4. The Bertz CT molecular complexity index is 1560. The molecule has 3 unspecified atom stereocenters. The summed E-state index contributed by atoms with van der Waals surface area (Å²) in [5, 5.41) is 8.87. The second-order valence-electron chi connectivity index (χ2n) is 13.0. The van der Waals surface area contributed by atoms with Gasteiger partial charge in [0.05, 0.1) is 17.9 Å². The first-order valence-electron chi connectivity index (χ1n) is 16.7. The van der Waals surface area contributed by atoms with E-state index in [0.717, 1.165) is 19.3 Å². The highest BCUT2D eigenvalue weighted by molar-refractivity contribution is 7.89. The number of anilines is 1. The van der Waals surface area contributed by atoms with E-state index in [-0.39, 0.29) is 46.6 Å². The number of rotatable bonds is 11. The molecule has 3 saturated heterocycles. The van der Waals surface area contributed by atoms with Crippen molar-refractivity contribution in [3.63, 3.8) is 0 Å².